The van der Waals surface area contributed by atoms with Gasteiger partial charge in [0, 0.05) is 19.7 Å². The molecule has 0 saturated carbocycles. The molecule has 0 unspecified atom stereocenters. The van der Waals surface area contributed by atoms with E-state index in [4.69, 9.17) is 0 Å². The van der Waals surface area contributed by atoms with Crippen molar-refractivity contribution in [2.24, 2.45) is 0 Å². The molecule has 0 aliphatic heterocycles. The minimum atomic E-state index is -3.62. The quantitative estimate of drug-likeness (QED) is 0.675. The molecule has 1 amide bonds. The highest BCUT2D eigenvalue weighted by Gasteiger charge is 2.21. The van der Waals surface area contributed by atoms with Gasteiger partial charge in [-0.05, 0) is 36.2 Å². The fourth-order valence-electron chi connectivity index (χ4n) is 3.08. The Hall–Kier alpha value is -2.96. The van der Waals surface area contributed by atoms with Crippen molar-refractivity contribution in [3.63, 3.8) is 0 Å². The summed E-state index contributed by atoms with van der Waals surface area (Å²) in [6.07, 6.45) is 0. The van der Waals surface area contributed by atoms with Crippen LogP contribution in [-0.4, -0.2) is 32.7 Å². The van der Waals surface area contributed by atoms with Crippen LogP contribution in [0.4, 0.5) is 0 Å². The molecule has 1 N–H and O–H groups in total. The molecular formula is C23H24N2O3S. The number of nitrogens with zero attached hydrogens (tertiary/aromatic N) is 1. The van der Waals surface area contributed by atoms with E-state index in [9.17, 15) is 13.2 Å². The van der Waals surface area contributed by atoms with Crippen LogP contribution in [0.1, 0.15) is 33.1 Å². The molecule has 0 saturated heterocycles. The van der Waals surface area contributed by atoms with Gasteiger partial charge in [0.05, 0.1) is 10.9 Å². The first-order valence-corrected chi connectivity index (χ1v) is 10.7. The lowest BCUT2D eigenvalue weighted by Crippen LogP contribution is -2.30. The van der Waals surface area contributed by atoms with Crippen molar-refractivity contribution in [3.8, 4) is 0 Å². The van der Waals surface area contributed by atoms with Gasteiger partial charge in [-0.3, -0.25) is 4.79 Å². The van der Waals surface area contributed by atoms with Gasteiger partial charge in [0.2, 0.25) is 10.0 Å². The van der Waals surface area contributed by atoms with E-state index >= 15 is 0 Å². The Morgan fingerprint density at radius 1 is 0.862 bits per heavy atom. The van der Waals surface area contributed by atoms with Crippen molar-refractivity contribution in [2.45, 2.75) is 17.9 Å². The zero-order chi connectivity index (χ0) is 21.0. The Labute approximate surface area is 172 Å². The van der Waals surface area contributed by atoms with E-state index in [0.717, 1.165) is 21.0 Å². The van der Waals surface area contributed by atoms with Crippen molar-refractivity contribution in [1.29, 1.82) is 0 Å². The summed E-state index contributed by atoms with van der Waals surface area (Å²) in [5, 5.41) is 3.05. The predicted molar refractivity (Wildman–Crippen MR) is 114 cm³/mol. The zero-order valence-electron chi connectivity index (χ0n) is 16.7. The highest BCUT2D eigenvalue weighted by Crippen LogP contribution is 2.24. The molecule has 29 heavy (non-hydrogen) atoms. The molecule has 3 rings (SSSR count). The third-order valence-corrected chi connectivity index (χ3v) is 6.47. The van der Waals surface area contributed by atoms with E-state index in [1.807, 2.05) is 61.5 Å². The van der Waals surface area contributed by atoms with Crippen molar-refractivity contribution in [2.75, 3.05) is 14.1 Å². The third-order valence-electron chi connectivity index (χ3n) is 4.66. The van der Waals surface area contributed by atoms with Gasteiger partial charge in [-0.1, -0.05) is 66.2 Å². The molecule has 5 nitrogen and oxygen atoms in total. The monoisotopic (exact) mass is 408 g/mol. The summed E-state index contributed by atoms with van der Waals surface area (Å²) in [4.78, 5) is 13.1. The number of benzene rings is 3. The summed E-state index contributed by atoms with van der Waals surface area (Å²) in [5.74, 6) is -0.337. The Morgan fingerprint density at radius 3 is 2.17 bits per heavy atom. The summed E-state index contributed by atoms with van der Waals surface area (Å²) in [6.45, 7) is 2.00. The van der Waals surface area contributed by atoms with Crippen LogP contribution < -0.4 is 5.32 Å². The number of carbonyl (C=O) groups is 1. The second kappa shape index (κ2) is 8.59. The van der Waals surface area contributed by atoms with Crippen molar-refractivity contribution in [1.82, 2.24) is 9.62 Å². The second-order valence-corrected chi connectivity index (χ2v) is 9.20. The third kappa shape index (κ3) is 4.72. The first kappa shape index (κ1) is 20.8. The molecule has 0 spiro atoms. The Bertz CT molecular complexity index is 1110. The van der Waals surface area contributed by atoms with Crippen LogP contribution in [0.5, 0.6) is 0 Å². The zero-order valence-corrected chi connectivity index (χ0v) is 17.5. The maximum absolute atomic E-state index is 13.0. The topological polar surface area (TPSA) is 66.5 Å². The van der Waals surface area contributed by atoms with Crippen LogP contribution in [-0.2, 0) is 10.0 Å². The fraction of sp³-hybridized carbons (Fsp3) is 0.174. The molecule has 3 aromatic carbocycles. The summed E-state index contributed by atoms with van der Waals surface area (Å²) >= 11 is 0. The molecular weight excluding hydrogens is 384 g/mol. The molecule has 1 atom stereocenters. The Balaban J connectivity index is 1.96. The number of hydrogen-bond acceptors (Lipinski definition) is 3. The molecule has 3 aromatic rings. The summed E-state index contributed by atoms with van der Waals surface area (Å²) in [5.41, 5.74) is 3.29. The molecule has 0 heterocycles. The summed E-state index contributed by atoms with van der Waals surface area (Å²) < 4.78 is 25.9. The Kier molecular flexibility index (Phi) is 6.15. The van der Waals surface area contributed by atoms with Crippen molar-refractivity contribution >= 4 is 15.9 Å². The summed E-state index contributed by atoms with van der Waals surface area (Å²) in [7, 11) is -0.691. The smallest absolute Gasteiger partial charge is 0.252 e. The number of rotatable bonds is 6. The average molecular weight is 409 g/mol. The number of aryl methyl sites for hydroxylation is 1. The summed E-state index contributed by atoms with van der Waals surface area (Å²) in [6, 6.07) is 23.4. The van der Waals surface area contributed by atoms with Gasteiger partial charge >= 0.3 is 0 Å². The van der Waals surface area contributed by atoms with Crippen molar-refractivity contribution < 1.29 is 13.2 Å². The fourth-order valence-corrected chi connectivity index (χ4v) is 4.03. The minimum absolute atomic E-state index is 0.0852. The molecule has 150 valence electrons. The molecule has 0 bridgehead atoms. The van der Waals surface area contributed by atoms with Crippen LogP contribution in [0.2, 0.25) is 0 Å². The Morgan fingerprint density at radius 2 is 1.52 bits per heavy atom. The van der Waals surface area contributed by atoms with E-state index in [1.54, 1.807) is 12.1 Å². The van der Waals surface area contributed by atoms with Crippen LogP contribution in [0.3, 0.4) is 0 Å². The molecule has 0 fully saturated rings. The van der Waals surface area contributed by atoms with E-state index in [-0.39, 0.29) is 16.8 Å². The molecule has 0 aliphatic carbocycles. The second-order valence-electron chi connectivity index (χ2n) is 7.05. The SMILES string of the molecule is Cc1cccc([C@H](NC(=O)c2cccc(S(=O)(=O)N(C)C)c2)c2ccccc2)c1. The average Bonchev–Trinajstić information content (AvgIpc) is 2.72. The van der Waals surface area contributed by atoms with E-state index in [2.05, 4.69) is 5.32 Å². The normalized spacial score (nSPS) is 12.6. The number of carbonyl (C=O) groups excluding carboxylic acids is 1. The highest BCUT2D eigenvalue weighted by molar-refractivity contribution is 7.89. The lowest BCUT2D eigenvalue weighted by molar-refractivity contribution is 0.0942. The first-order chi connectivity index (χ1) is 13.8. The van der Waals surface area contributed by atoms with E-state index in [1.165, 1.54) is 26.2 Å². The van der Waals surface area contributed by atoms with Crippen LogP contribution in [0.25, 0.3) is 0 Å². The molecule has 0 radical (unpaired) electrons. The van der Waals surface area contributed by atoms with Crippen LogP contribution in [0, 0.1) is 6.92 Å². The molecule has 0 aromatic heterocycles. The number of amides is 1. The van der Waals surface area contributed by atoms with Gasteiger partial charge in [-0.15, -0.1) is 0 Å². The standard InChI is InChI=1S/C23H24N2O3S/c1-17-9-7-12-19(15-17)22(18-10-5-4-6-11-18)24-23(26)20-13-8-14-21(16-20)29(27,28)25(2)3/h4-16,22H,1-3H3,(H,24,26)/t22-/m1/s1. The highest BCUT2D eigenvalue weighted by atomic mass is 32.2. The number of hydrogen-bond donors (Lipinski definition) is 1. The van der Waals surface area contributed by atoms with Gasteiger partial charge < -0.3 is 5.32 Å². The van der Waals surface area contributed by atoms with Gasteiger partial charge in [-0.2, -0.15) is 0 Å². The maximum Gasteiger partial charge on any atom is 0.252 e. The lowest BCUT2D eigenvalue weighted by atomic mass is 9.97. The van der Waals surface area contributed by atoms with Crippen LogP contribution >= 0.6 is 0 Å². The lowest BCUT2D eigenvalue weighted by Gasteiger charge is -2.21. The number of sulfonamides is 1. The number of nitrogens with one attached hydrogen (secondary N) is 1. The minimum Gasteiger partial charge on any atom is -0.341 e. The molecule has 6 heteroatoms. The van der Waals surface area contributed by atoms with Crippen molar-refractivity contribution in [3.05, 3.63) is 101 Å². The van der Waals surface area contributed by atoms with E-state index < -0.39 is 10.0 Å². The van der Waals surface area contributed by atoms with E-state index in [0.29, 0.717) is 5.56 Å². The largest absolute Gasteiger partial charge is 0.341 e. The van der Waals surface area contributed by atoms with Crippen LogP contribution in [0.15, 0.2) is 83.8 Å². The van der Waals surface area contributed by atoms with Gasteiger partial charge in [-0.25, -0.2) is 12.7 Å². The van der Waals surface area contributed by atoms with Gasteiger partial charge in [0.25, 0.3) is 5.91 Å². The van der Waals surface area contributed by atoms with Gasteiger partial charge in [0.1, 0.15) is 0 Å². The molecule has 0 aliphatic rings. The maximum atomic E-state index is 13.0. The first-order valence-electron chi connectivity index (χ1n) is 9.24. The predicted octanol–water partition coefficient (Wildman–Crippen LogP) is 3.76. The van der Waals surface area contributed by atoms with Gasteiger partial charge in [0.15, 0.2) is 0 Å².